The number of halogens is 6. The summed E-state index contributed by atoms with van der Waals surface area (Å²) in [5.74, 6) is 0.195. The van der Waals surface area contributed by atoms with Gasteiger partial charge < -0.3 is 14.6 Å². The van der Waals surface area contributed by atoms with Gasteiger partial charge in [0.2, 0.25) is 6.10 Å². The standard InChI is InChI=1S/C12H10F6O3/c13-11(14,15)10(12(16,17)18)21-8-5-20-7-4-2-1-3-6(7)9(8)19/h1-4,8-10,19H,5H2. The molecule has 1 heterocycles. The third-order valence-corrected chi connectivity index (χ3v) is 2.90. The quantitative estimate of drug-likeness (QED) is 0.853. The molecule has 0 aliphatic carbocycles. The summed E-state index contributed by atoms with van der Waals surface area (Å²) in [7, 11) is 0. The summed E-state index contributed by atoms with van der Waals surface area (Å²) in [6.45, 7) is -0.610. The van der Waals surface area contributed by atoms with Crippen molar-refractivity contribution < 1.29 is 40.9 Å². The first-order valence-corrected chi connectivity index (χ1v) is 5.79. The van der Waals surface area contributed by atoms with Gasteiger partial charge in [-0.1, -0.05) is 18.2 Å². The summed E-state index contributed by atoms with van der Waals surface area (Å²) in [5.41, 5.74) is 0.0804. The molecule has 2 atom stereocenters. The molecule has 1 aromatic carbocycles. The van der Waals surface area contributed by atoms with Crippen LogP contribution in [0.3, 0.4) is 0 Å². The fourth-order valence-electron chi connectivity index (χ4n) is 1.95. The fourth-order valence-corrected chi connectivity index (χ4v) is 1.95. The van der Waals surface area contributed by atoms with Crippen LogP contribution < -0.4 is 4.74 Å². The number of benzene rings is 1. The summed E-state index contributed by atoms with van der Waals surface area (Å²) in [5, 5.41) is 9.86. The molecule has 0 amide bonds. The van der Waals surface area contributed by atoms with Gasteiger partial charge in [-0.15, -0.1) is 0 Å². The van der Waals surface area contributed by atoms with Crippen molar-refractivity contribution in [3.8, 4) is 5.75 Å². The number of aliphatic hydroxyl groups is 1. The van der Waals surface area contributed by atoms with Gasteiger partial charge in [0, 0.05) is 5.56 Å². The Kier molecular flexibility index (Phi) is 4.07. The van der Waals surface area contributed by atoms with E-state index in [0.29, 0.717) is 0 Å². The van der Waals surface area contributed by atoms with Crippen LogP contribution in [0.25, 0.3) is 0 Å². The maximum atomic E-state index is 12.4. The van der Waals surface area contributed by atoms with Gasteiger partial charge in [0.1, 0.15) is 24.6 Å². The molecule has 0 fully saturated rings. The van der Waals surface area contributed by atoms with Gasteiger partial charge in [-0.05, 0) is 6.07 Å². The van der Waals surface area contributed by atoms with E-state index < -0.39 is 37.3 Å². The Balaban J connectivity index is 2.20. The third kappa shape index (κ3) is 3.41. The zero-order valence-electron chi connectivity index (χ0n) is 10.3. The zero-order chi connectivity index (χ0) is 15.8. The predicted molar refractivity (Wildman–Crippen MR) is 57.7 cm³/mol. The third-order valence-electron chi connectivity index (χ3n) is 2.90. The van der Waals surface area contributed by atoms with Crippen molar-refractivity contribution in [1.29, 1.82) is 0 Å². The molecule has 0 spiro atoms. The lowest BCUT2D eigenvalue weighted by Gasteiger charge is -2.34. The molecule has 0 bridgehead atoms. The average Bonchev–Trinajstić information content (AvgIpc) is 2.35. The van der Waals surface area contributed by atoms with Crippen molar-refractivity contribution in [2.24, 2.45) is 0 Å². The number of aliphatic hydroxyl groups excluding tert-OH is 1. The van der Waals surface area contributed by atoms with Crippen LogP contribution in [0.15, 0.2) is 24.3 Å². The van der Waals surface area contributed by atoms with Gasteiger partial charge in [-0.3, -0.25) is 0 Å². The highest BCUT2D eigenvalue weighted by Crippen LogP contribution is 2.40. The maximum absolute atomic E-state index is 12.4. The first-order valence-electron chi connectivity index (χ1n) is 5.79. The van der Waals surface area contributed by atoms with Crippen molar-refractivity contribution >= 4 is 0 Å². The van der Waals surface area contributed by atoms with Crippen LogP contribution in [-0.4, -0.2) is 36.3 Å². The lowest BCUT2D eigenvalue weighted by Crippen LogP contribution is -2.49. The number of hydrogen-bond acceptors (Lipinski definition) is 3. The molecular formula is C12H10F6O3. The Morgan fingerprint density at radius 3 is 2.24 bits per heavy atom. The van der Waals surface area contributed by atoms with Crippen molar-refractivity contribution in [2.75, 3.05) is 6.61 Å². The van der Waals surface area contributed by atoms with Crippen LogP contribution in [0.1, 0.15) is 11.7 Å². The Hall–Kier alpha value is -1.48. The van der Waals surface area contributed by atoms with E-state index in [4.69, 9.17) is 4.74 Å². The maximum Gasteiger partial charge on any atom is 0.423 e. The summed E-state index contributed by atoms with van der Waals surface area (Å²) in [6.07, 6.45) is -18.6. The minimum atomic E-state index is -5.63. The Bertz CT molecular complexity index is 485. The first kappa shape index (κ1) is 15.9. The molecule has 9 heteroatoms. The van der Waals surface area contributed by atoms with E-state index >= 15 is 0 Å². The summed E-state index contributed by atoms with van der Waals surface area (Å²) >= 11 is 0. The number of hydrogen-bond donors (Lipinski definition) is 1. The van der Waals surface area contributed by atoms with E-state index in [0.717, 1.165) is 0 Å². The summed E-state index contributed by atoms with van der Waals surface area (Å²) in [4.78, 5) is 0. The molecule has 2 rings (SSSR count). The monoisotopic (exact) mass is 316 g/mol. The van der Waals surface area contributed by atoms with Crippen LogP contribution in [0.4, 0.5) is 26.3 Å². The van der Waals surface area contributed by atoms with Gasteiger partial charge in [0.25, 0.3) is 0 Å². The van der Waals surface area contributed by atoms with Crippen molar-refractivity contribution in [2.45, 2.75) is 30.7 Å². The SMILES string of the molecule is OC1c2ccccc2OCC1OC(C(F)(F)F)C(F)(F)F. The lowest BCUT2D eigenvalue weighted by molar-refractivity contribution is -0.338. The molecule has 0 aromatic heterocycles. The van der Waals surface area contributed by atoms with E-state index in [1.165, 1.54) is 18.2 Å². The van der Waals surface area contributed by atoms with Gasteiger partial charge in [-0.25, -0.2) is 0 Å². The van der Waals surface area contributed by atoms with E-state index in [9.17, 15) is 31.4 Å². The van der Waals surface area contributed by atoms with Crippen LogP contribution in [-0.2, 0) is 4.74 Å². The zero-order valence-corrected chi connectivity index (χ0v) is 10.3. The highest BCUT2D eigenvalue weighted by atomic mass is 19.4. The molecule has 1 aromatic rings. The van der Waals surface area contributed by atoms with Crippen molar-refractivity contribution in [3.05, 3.63) is 29.8 Å². The van der Waals surface area contributed by atoms with Crippen LogP contribution in [0.2, 0.25) is 0 Å². The van der Waals surface area contributed by atoms with E-state index in [1.807, 2.05) is 0 Å². The molecule has 0 saturated carbocycles. The second kappa shape index (κ2) is 5.38. The number of rotatable bonds is 2. The molecule has 0 saturated heterocycles. The molecule has 1 aliphatic heterocycles. The van der Waals surface area contributed by atoms with Crippen LogP contribution >= 0.6 is 0 Å². The second-order valence-corrected chi connectivity index (χ2v) is 4.43. The number of ether oxygens (including phenoxy) is 2. The largest absolute Gasteiger partial charge is 0.490 e. The molecule has 0 radical (unpaired) electrons. The topological polar surface area (TPSA) is 38.7 Å². The number of fused-ring (bicyclic) bond motifs is 1. The highest BCUT2D eigenvalue weighted by Gasteiger charge is 2.59. The molecule has 1 N–H and O–H groups in total. The lowest BCUT2D eigenvalue weighted by atomic mass is 10.0. The van der Waals surface area contributed by atoms with E-state index in [1.54, 1.807) is 6.07 Å². The van der Waals surface area contributed by atoms with Gasteiger partial charge in [-0.2, -0.15) is 26.3 Å². The minimum absolute atomic E-state index is 0.0804. The Morgan fingerprint density at radius 1 is 1.10 bits per heavy atom. The second-order valence-electron chi connectivity index (χ2n) is 4.43. The van der Waals surface area contributed by atoms with Crippen LogP contribution in [0.5, 0.6) is 5.75 Å². The van der Waals surface area contributed by atoms with Gasteiger partial charge in [0.15, 0.2) is 0 Å². The Morgan fingerprint density at radius 2 is 1.67 bits per heavy atom. The van der Waals surface area contributed by atoms with Crippen molar-refractivity contribution in [1.82, 2.24) is 0 Å². The van der Waals surface area contributed by atoms with Gasteiger partial charge >= 0.3 is 12.4 Å². The smallest absolute Gasteiger partial charge is 0.423 e. The number of alkyl halides is 6. The highest BCUT2D eigenvalue weighted by molar-refractivity contribution is 5.37. The van der Waals surface area contributed by atoms with E-state index in [2.05, 4.69) is 4.74 Å². The summed E-state index contributed by atoms with van der Waals surface area (Å²) in [6, 6.07) is 5.81. The molecular weight excluding hydrogens is 306 g/mol. The minimum Gasteiger partial charge on any atom is -0.490 e. The molecule has 118 valence electrons. The Labute approximate surface area is 115 Å². The van der Waals surface area contributed by atoms with E-state index in [-0.39, 0.29) is 11.3 Å². The van der Waals surface area contributed by atoms with Crippen LogP contribution in [0, 0.1) is 0 Å². The van der Waals surface area contributed by atoms with Crippen molar-refractivity contribution in [3.63, 3.8) is 0 Å². The fraction of sp³-hybridized carbons (Fsp3) is 0.500. The summed E-state index contributed by atoms with van der Waals surface area (Å²) < 4.78 is 83.6. The molecule has 21 heavy (non-hydrogen) atoms. The molecule has 3 nitrogen and oxygen atoms in total. The predicted octanol–water partition coefficient (Wildman–Crippen LogP) is 2.99. The van der Waals surface area contributed by atoms with Gasteiger partial charge in [0.05, 0.1) is 0 Å². The number of para-hydroxylation sites is 1. The molecule has 1 aliphatic rings. The first-order chi connectivity index (χ1) is 9.60. The average molecular weight is 316 g/mol. The normalized spacial score (nSPS) is 22.9. The molecule has 2 unspecified atom stereocenters.